The summed E-state index contributed by atoms with van der Waals surface area (Å²) in [6.07, 6.45) is 0.661. The van der Waals surface area contributed by atoms with Gasteiger partial charge in [0.2, 0.25) is 17.7 Å². The Bertz CT molecular complexity index is 1040. The molecule has 0 saturated heterocycles. The monoisotopic (exact) mass is 530 g/mol. The molecule has 1 unspecified atom stereocenters. The summed E-state index contributed by atoms with van der Waals surface area (Å²) in [5.74, 6) is -1.89. The van der Waals surface area contributed by atoms with E-state index in [2.05, 4.69) is 5.32 Å². The van der Waals surface area contributed by atoms with Crippen molar-refractivity contribution in [3.63, 3.8) is 0 Å². The quantitative estimate of drug-likeness (QED) is 0.363. The number of carbonyl (C=O) groups excluding carboxylic acids is 3. The Morgan fingerprint density at radius 3 is 2.24 bits per heavy atom. The lowest BCUT2D eigenvalue weighted by Crippen LogP contribution is -2.56. The van der Waals surface area contributed by atoms with Gasteiger partial charge in [0.15, 0.2) is 0 Å². The Kier molecular flexibility index (Phi) is 12.8. The van der Waals surface area contributed by atoms with Gasteiger partial charge in [0, 0.05) is 33.6 Å². The minimum absolute atomic E-state index is 0.0398. The van der Waals surface area contributed by atoms with Crippen LogP contribution in [-0.4, -0.2) is 86.6 Å². The topological polar surface area (TPSA) is 114 Å². The molecule has 3 N–H and O–H groups in total. The van der Waals surface area contributed by atoms with Crippen molar-refractivity contribution in [3.8, 4) is 0 Å². The molecule has 10 heteroatoms. The maximum absolute atomic E-state index is 14.4. The maximum atomic E-state index is 14.4. The van der Waals surface area contributed by atoms with E-state index in [-0.39, 0.29) is 38.9 Å². The highest BCUT2D eigenvalue weighted by Crippen LogP contribution is 2.15. The number of amides is 3. The summed E-state index contributed by atoms with van der Waals surface area (Å²) in [6.45, 7) is 1.98. The summed E-state index contributed by atoms with van der Waals surface area (Å²) in [4.78, 5) is 41.9. The van der Waals surface area contributed by atoms with Crippen molar-refractivity contribution in [2.45, 2.75) is 44.5 Å². The highest BCUT2D eigenvalue weighted by molar-refractivity contribution is 5.92. The minimum Gasteiger partial charge on any atom is -0.374 e. The molecule has 0 saturated carbocycles. The first-order valence-electron chi connectivity index (χ1n) is 12.6. The van der Waals surface area contributed by atoms with Crippen LogP contribution in [0.2, 0.25) is 0 Å². The molecule has 0 fully saturated rings. The van der Waals surface area contributed by atoms with Gasteiger partial charge in [-0.25, -0.2) is 4.39 Å². The lowest BCUT2D eigenvalue weighted by molar-refractivity contribution is -0.151. The lowest BCUT2D eigenvalue weighted by Gasteiger charge is -2.34. The average Bonchev–Trinajstić information content (AvgIpc) is 2.93. The minimum atomic E-state index is -1.05. The van der Waals surface area contributed by atoms with Crippen LogP contribution in [0.15, 0.2) is 54.6 Å². The van der Waals surface area contributed by atoms with Gasteiger partial charge in [-0.1, -0.05) is 55.5 Å². The van der Waals surface area contributed by atoms with Gasteiger partial charge in [-0.3, -0.25) is 14.4 Å². The fraction of sp³-hybridized carbons (Fsp3) is 0.464. The summed E-state index contributed by atoms with van der Waals surface area (Å²) in [7, 11) is 4.39. The second-order valence-electron chi connectivity index (χ2n) is 9.08. The second kappa shape index (κ2) is 15.8. The van der Waals surface area contributed by atoms with E-state index in [0.717, 1.165) is 5.56 Å². The van der Waals surface area contributed by atoms with Gasteiger partial charge in [-0.2, -0.15) is 0 Å². The van der Waals surface area contributed by atoms with E-state index in [9.17, 15) is 18.8 Å². The molecule has 9 nitrogen and oxygen atoms in total. The van der Waals surface area contributed by atoms with Crippen molar-refractivity contribution >= 4 is 17.7 Å². The molecule has 0 aliphatic carbocycles. The third kappa shape index (κ3) is 9.20. The second-order valence-corrected chi connectivity index (χ2v) is 9.08. The van der Waals surface area contributed by atoms with E-state index in [0.29, 0.717) is 12.0 Å². The molecule has 0 heterocycles. The van der Waals surface area contributed by atoms with E-state index in [1.54, 1.807) is 18.2 Å². The maximum Gasteiger partial charge on any atom is 0.249 e. The summed E-state index contributed by atoms with van der Waals surface area (Å²) in [6, 6.07) is 13.2. The smallest absolute Gasteiger partial charge is 0.249 e. The molecule has 0 aliphatic heterocycles. The molecule has 0 spiro atoms. The fourth-order valence-electron chi connectivity index (χ4n) is 3.74. The van der Waals surface area contributed by atoms with Crippen molar-refractivity contribution < 1.29 is 28.2 Å². The lowest BCUT2D eigenvalue weighted by atomic mass is 10.0. The van der Waals surface area contributed by atoms with Gasteiger partial charge < -0.3 is 30.3 Å². The van der Waals surface area contributed by atoms with Crippen molar-refractivity contribution in [1.29, 1.82) is 0 Å². The Balaban J connectivity index is 2.22. The zero-order valence-corrected chi connectivity index (χ0v) is 22.6. The molecule has 2 aromatic carbocycles. The number of nitrogens with two attached hydrogens (primary N) is 1. The van der Waals surface area contributed by atoms with Crippen LogP contribution in [0.4, 0.5) is 4.39 Å². The number of carbonyl (C=O) groups is 3. The molecule has 208 valence electrons. The predicted octanol–water partition coefficient (Wildman–Crippen LogP) is 1.74. The number of nitrogens with one attached hydrogen (secondary N) is 1. The molecule has 0 aromatic heterocycles. The number of ether oxygens (including phenoxy) is 2. The first kappa shape index (κ1) is 30.9. The van der Waals surface area contributed by atoms with Crippen LogP contribution >= 0.6 is 0 Å². The average molecular weight is 531 g/mol. The molecule has 3 atom stereocenters. The number of hydrogen-bond donors (Lipinski definition) is 2. The molecule has 38 heavy (non-hydrogen) atoms. The molecule has 0 radical (unpaired) electrons. The van der Waals surface area contributed by atoms with E-state index in [1.807, 2.05) is 37.3 Å². The van der Waals surface area contributed by atoms with Crippen molar-refractivity contribution in [2.75, 3.05) is 41.0 Å². The van der Waals surface area contributed by atoms with Crippen LogP contribution in [0.25, 0.3) is 0 Å². The molecule has 0 bridgehead atoms. The number of halogens is 1. The highest BCUT2D eigenvalue weighted by atomic mass is 19.1. The first-order chi connectivity index (χ1) is 18.2. The SMILES string of the molecule is CCC(N)COCC(=O)N(C)[C@H](COCc1ccccc1)C(=O)N(C)[C@H](Cc1ccccc1F)C(=O)NC. The Labute approximate surface area is 224 Å². The van der Waals surface area contributed by atoms with Gasteiger partial charge in [0.05, 0.1) is 19.8 Å². The van der Waals surface area contributed by atoms with Crippen LogP contribution in [-0.2, 0) is 36.9 Å². The van der Waals surface area contributed by atoms with Gasteiger partial charge >= 0.3 is 0 Å². The van der Waals surface area contributed by atoms with E-state index in [1.165, 1.54) is 37.0 Å². The Hall–Kier alpha value is -3.34. The Morgan fingerprint density at radius 1 is 0.947 bits per heavy atom. The summed E-state index contributed by atoms with van der Waals surface area (Å²) < 4.78 is 25.6. The van der Waals surface area contributed by atoms with Crippen LogP contribution in [0.1, 0.15) is 24.5 Å². The number of hydrogen-bond acceptors (Lipinski definition) is 6. The summed E-state index contributed by atoms with van der Waals surface area (Å²) in [5, 5.41) is 2.54. The van der Waals surface area contributed by atoms with Crippen molar-refractivity contribution in [1.82, 2.24) is 15.1 Å². The van der Waals surface area contributed by atoms with Crippen LogP contribution in [0.5, 0.6) is 0 Å². The van der Waals surface area contributed by atoms with Gasteiger partial charge in [-0.05, 0) is 23.6 Å². The Morgan fingerprint density at radius 2 is 1.61 bits per heavy atom. The number of likely N-dealkylation sites (N-methyl/N-ethyl adjacent to an activating group) is 3. The highest BCUT2D eigenvalue weighted by Gasteiger charge is 2.35. The normalized spacial score (nSPS) is 13.3. The molecule has 3 amide bonds. The number of rotatable bonds is 15. The third-order valence-corrected chi connectivity index (χ3v) is 6.35. The largest absolute Gasteiger partial charge is 0.374 e. The molecule has 2 rings (SSSR count). The summed E-state index contributed by atoms with van der Waals surface area (Å²) in [5.41, 5.74) is 7.06. The molecule has 2 aromatic rings. The zero-order chi connectivity index (χ0) is 28.1. The predicted molar refractivity (Wildman–Crippen MR) is 142 cm³/mol. The van der Waals surface area contributed by atoms with Crippen LogP contribution in [0, 0.1) is 5.82 Å². The number of benzene rings is 2. The fourth-order valence-corrected chi connectivity index (χ4v) is 3.74. The van der Waals surface area contributed by atoms with Crippen LogP contribution in [0.3, 0.4) is 0 Å². The molecular weight excluding hydrogens is 491 g/mol. The molecular formula is C28H39FN4O5. The van der Waals surface area contributed by atoms with Gasteiger partial charge in [-0.15, -0.1) is 0 Å². The van der Waals surface area contributed by atoms with E-state index < -0.39 is 35.6 Å². The number of nitrogens with zero attached hydrogens (tertiary/aromatic N) is 2. The van der Waals surface area contributed by atoms with Gasteiger partial charge in [0.1, 0.15) is 24.5 Å². The van der Waals surface area contributed by atoms with E-state index in [4.69, 9.17) is 15.2 Å². The third-order valence-electron chi connectivity index (χ3n) is 6.35. The summed E-state index contributed by atoms with van der Waals surface area (Å²) >= 11 is 0. The van der Waals surface area contributed by atoms with Crippen LogP contribution < -0.4 is 11.1 Å². The van der Waals surface area contributed by atoms with Crippen molar-refractivity contribution in [2.24, 2.45) is 5.73 Å². The van der Waals surface area contributed by atoms with Crippen molar-refractivity contribution in [3.05, 3.63) is 71.5 Å². The van der Waals surface area contributed by atoms with E-state index >= 15 is 0 Å². The van der Waals surface area contributed by atoms with Gasteiger partial charge in [0.25, 0.3) is 0 Å². The first-order valence-corrected chi connectivity index (χ1v) is 12.6. The molecule has 0 aliphatic rings. The standard InChI is InChI=1S/C28H39FN4O5/c1-5-22(30)17-38-19-26(34)32(3)25(18-37-16-20-11-7-6-8-12-20)28(36)33(4)24(27(35)31-2)15-21-13-9-10-14-23(21)29/h6-14,22,24-25H,5,15-19,30H2,1-4H3,(H,31,35)/t22?,24-,25-/m1/s1. The zero-order valence-electron chi connectivity index (χ0n) is 22.6.